The summed E-state index contributed by atoms with van der Waals surface area (Å²) >= 11 is 0. The molecule has 3 rings (SSSR count). The first-order valence-corrected chi connectivity index (χ1v) is 7.40. The Balaban J connectivity index is 1.86. The highest BCUT2D eigenvalue weighted by atomic mass is 16.2. The number of Topliss-reactive ketones (excluding diaryl/α,β-unsaturated/α-hetero) is 1. The Hall–Kier alpha value is -3.28. The lowest BCUT2D eigenvalue weighted by Gasteiger charge is -2.08. The van der Waals surface area contributed by atoms with Gasteiger partial charge in [0.2, 0.25) is 0 Å². The Bertz CT molecular complexity index is 978. The number of aromatic nitrogens is 2. The summed E-state index contributed by atoms with van der Waals surface area (Å²) in [6, 6.07) is 15.5. The maximum atomic E-state index is 12.4. The van der Waals surface area contributed by atoms with Gasteiger partial charge < -0.3 is 5.32 Å². The van der Waals surface area contributed by atoms with Crippen molar-refractivity contribution in [1.82, 2.24) is 15.1 Å². The van der Waals surface area contributed by atoms with Crippen LogP contribution in [0.1, 0.15) is 20.8 Å². The van der Waals surface area contributed by atoms with Crippen LogP contribution in [-0.2, 0) is 7.05 Å². The second kappa shape index (κ2) is 6.45. The summed E-state index contributed by atoms with van der Waals surface area (Å²) in [7, 11) is 1.49. The summed E-state index contributed by atoms with van der Waals surface area (Å²) in [5.74, 6) is -0.691. The lowest BCUT2D eigenvalue weighted by molar-refractivity contribution is 0.0900. The first-order chi connectivity index (χ1) is 11.6. The van der Waals surface area contributed by atoms with Crippen LogP contribution in [0.3, 0.4) is 0 Å². The molecule has 1 heterocycles. The summed E-state index contributed by atoms with van der Waals surface area (Å²) in [5, 5.41) is 7.48. The molecule has 0 fully saturated rings. The predicted octanol–water partition coefficient (Wildman–Crippen LogP) is 1.55. The molecule has 0 aliphatic rings. The Morgan fingerprint density at radius 1 is 1.00 bits per heavy atom. The number of carbonyl (C=O) groups is 2. The van der Waals surface area contributed by atoms with Gasteiger partial charge in [-0.3, -0.25) is 14.4 Å². The topological polar surface area (TPSA) is 81.1 Å². The monoisotopic (exact) mass is 321 g/mol. The molecule has 0 aliphatic carbocycles. The van der Waals surface area contributed by atoms with E-state index in [2.05, 4.69) is 10.4 Å². The zero-order valence-electron chi connectivity index (χ0n) is 13.0. The van der Waals surface area contributed by atoms with Crippen molar-refractivity contribution in [2.24, 2.45) is 7.05 Å². The Kier molecular flexibility index (Phi) is 4.20. The van der Waals surface area contributed by atoms with Crippen molar-refractivity contribution in [2.45, 2.75) is 0 Å². The summed E-state index contributed by atoms with van der Waals surface area (Å²) in [5.41, 5.74) is 0.368. The lowest BCUT2D eigenvalue weighted by Crippen LogP contribution is -2.32. The van der Waals surface area contributed by atoms with Crippen LogP contribution in [0, 0.1) is 0 Å². The van der Waals surface area contributed by atoms with Crippen molar-refractivity contribution in [3.63, 3.8) is 0 Å². The number of nitrogens with zero attached hydrogens (tertiary/aromatic N) is 2. The number of hydrogen-bond donors (Lipinski definition) is 1. The number of fused-ring (bicyclic) bond motifs is 1. The van der Waals surface area contributed by atoms with Gasteiger partial charge in [0, 0.05) is 18.0 Å². The zero-order valence-corrected chi connectivity index (χ0v) is 13.0. The number of hydrogen-bond acceptors (Lipinski definition) is 4. The van der Waals surface area contributed by atoms with E-state index >= 15 is 0 Å². The van der Waals surface area contributed by atoms with Crippen LogP contribution < -0.4 is 10.9 Å². The van der Waals surface area contributed by atoms with E-state index in [0.717, 1.165) is 4.68 Å². The minimum Gasteiger partial charge on any atom is -0.343 e. The average Bonchev–Trinajstić information content (AvgIpc) is 2.63. The summed E-state index contributed by atoms with van der Waals surface area (Å²) in [4.78, 5) is 36.6. The molecular formula is C18H15N3O3. The molecule has 120 valence electrons. The van der Waals surface area contributed by atoms with Gasteiger partial charge in [-0.1, -0.05) is 48.5 Å². The molecular weight excluding hydrogens is 306 g/mol. The smallest absolute Gasteiger partial charge is 0.274 e. The molecule has 1 aromatic heterocycles. The molecule has 6 heteroatoms. The van der Waals surface area contributed by atoms with E-state index in [1.54, 1.807) is 48.5 Å². The minimum absolute atomic E-state index is 0.119. The zero-order chi connectivity index (χ0) is 17.1. The summed E-state index contributed by atoms with van der Waals surface area (Å²) in [6.07, 6.45) is 0. The van der Waals surface area contributed by atoms with E-state index < -0.39 is 5.91 Å². The van der Waals surface area contributed by atoms with Crippen molar-refractivity contribution in [2.75, 3.05) is 6.54 Å². The summed E-state index contributed by atoms with van der Waals surface area (Å²) < 4.78 is 1.12. The normalized spacial score (nSPS) is 10.5. The number of amides is 1. The molecule has 0 spiro atoms. The largest absolute Gasteiger partial charge is 0.343 e. The van der Waals surface area contributed by atoms with Gasteiger partial charge in [-0.05, 0) is 6.07 Å². The maximum Gasteiger partial charge on any atom is 0.274 e. The highest BCUT2D eigenvalue weighted by molar-refractivity contribution is 6.07. The molecule has 6 nitrogen and oxygen atoms in total. The van der Waals surface area contributed by atoms with E-state index in [0.29, 0.717) is 16.3 Å². The SMILES string of the molecule is Cn1nc(C(=O)NCC(=O)c2ccccc2)c2ccccc2c1=O. The molecule has 0 atom stereocenters. The quantitative estimate of drug-likeness (QED) is 0.739. The molecule has 24 heavy (non-hydrogen) atoms. The van der Waals surface area contributed by atoms with Crippen LogP contribution in [0.15, 0.2) is 59.4 Å². The number of benzene rings is 2. The van der Waals surface area contributed by atoms with Gasteiger partial charge in [-0.15, -0.1) is 0 Å². The van der Waals surface area contributed by atoms with Gasteiger partial charge in [0.25, 0.3) is 11.5 Å². The van der Waals surface area contributed by atoms with Crippen LogP contribution >= 0.6 is 0 Å². The fraction of sp³-hybridized carbons (Fsp3) is 0.111. The van der Waals surface area contributed by atoms with Gasteiger partial charge in [-0.25, -0.2) is 4.68 Å². The molecule has 0 unspecified atom stereocenters. The van der Waals surface area contributed by atoms with E-state index in [1.807, 2.05) is 6.07 Å². The molecule has 1 N–H and O–H groups in total. The van der Waals surface area contributed by atoms with Gasteiger partial charge >= 0.3 is 0 Å². The lowest BCUT2D eigenvalue weighted by atomic mass is 10.1. The predicted molar refractivity (Wildman–Crippen MR) is 90.1 cm³/mol. The van der Waals surface area contributed by atoms with Crippen LogP contribution in [0.4, 0.5) is 0 Å². The average molecular weight is 321 g/mol. The number of rotatable bonds is 4. The molecule has 0 saturated carbocycles. The highest BCUT2D eigenvalue weighted by Crippen LogP contribution is 2.12. The van der Waals surface area contributed by atoms with Crippen molar-refractivity contribution in [1.29, 1.82) is 0 Å². The summed E-state index contributed by atoms with van der Waals surface area (Å²) in [6.45, 7) is -0.137. The molecule has 0 bridgehead atoms. The molecule has 0 aliphatic heterocycles. The Morgan fingerprint density at radius 3 is 2.33 bits per heavy atom. The third kappa shape index (κ3) is 2.94. The number of aryl methyl sites for hydroxylation is 1. The molecule has 3 aromatic rings. The molecule has 0 saturated heterocycles. The van der Waals surface area contributed by atoms with Gasteiger partial charge in [-0.2, -0.15) is 5.10 Å². The maximum absolute atomic E-state index is 12.4. The van der Waals surface area contributed by atoms with Gasteiger partial charge in [0.05, 0.1) is 11.9 Å². The van der Waals surface area contributed by atoms with E-state index in [-0.39, 0.29) is 23.6 Å². The van der Waals surface area contributed by atoms with Crippen LogP contribution in [0.5, 0.6) is 0 Å². The molecule has 0 radical (unpaired) electrons. The van der Waals surface area contributed by atoms with Crippen molar-refractivity contribution >= 4 is 22.5 Å². The third-order valence-electron chi connectivity index (χ3n) is 3.68. The standard InChI is InChI=1S/C18H15N3O3/c1-21-18(24)14-10-6-5-9-13(14)16(20-21)17(23)19-11-15(22)12-7-3-2-4-8-12/h2-10H,11H2,1H3,(H,19,23). The van der Waals surface area contributed by atoms with Crippen molar-refractivity contribution < 1.29 is 9.59 Å². The van der Waals surface area contributed by atoms with Crippen LogP contribution in [0.25, 0.3) is 10.8 Å². The third-order valence-corrected chi connectivity index (χ3v) is 3.68. The van der Waals surface area contributed by atoms with Crippen molar-refractivity contribution in [3.8, 4) is 0 Å². The molecule has 1 amide bonds. The van der Waals surface area contributed by atoms with Crippen molar-refractivity contribution in [3.05, 3.63) is 76.2 Å². The minimum atomic E-state index is -0.494. The Labute approximate surface area is 137 Å². The highest BCUT2D eigenvalue weighted by Gasteiger charge is 2.16. The van der Waals surface area contributed by atoms with Gasteiger partial charge in [0.15, 0.2) is 11.5 Å². The van der Waals surface area contributed by atoms with Gasteiger partial charge in [0.1, 0.15) is 0 Å². The number of nitrogens with one attached hydrogen (secondary N) is 1. The van der Waals surface area contributed by atoms with Crippen LogP contribution in [-0.4, -0.2) is 28.0 Å². The molecule has 2 aromatic carbocycles. The number of ketones is 1. The first-order valence-electron chi connectivity index (χ1n) is 7.40. The Morgan fingerprint density at radius 2 is 1.62 bits per heavy atom. The van der Waals surface area contributed by atoms with Crippen LogP contribution in [0.2, 0.25) is 0 Å². The second-order valence-electron chi connectivity index (χ2n) is 5.29. The second-order valence-corrected chi connectivity index (χ2v) is 5.29. The fourth-order valence-corrected chi connectivity index (χ4v) is 2.44. The van der Waals surface area contributed by atoms with E-state index in [9.17, 15) is 14.4 Å². The number of carbonyl (C=O) groups excluding carboxylic acids is 2. The first kappa shape index (κ1) is 15.6. The van der Waals surface area contributed by atoms with E-state index in [4.69, 9.17) is 0 Å². The van der Waals surface area contributed by atoms with E-state index in [1.165, 1.54) is 7.05 Å². The fourth-order valence-electron chi connectivity index (χ4n) is 2.44.